The monoisotopic (exact) mass is 310 g/mol. The Morgan fingerprint density at radius 2 is 1.42 bits per heavy atom. The maximum Gasteiger partial charge on any atom is 0 e. The minimum atomic E-state index is 0. The maximum absolute atomic E-state index is 3.01. The van der Waals surface area contributed by atoms with Gasteiger partial charge in [-0.25, -0.2) is 0 Å². The quantitative estimate of drug-likeness (QED) is 0.646. The van der Waals surface area contributed by atoms with Crippen LogP contribution in [0, 0.1) is 12.1 Å². The first-order valence-electron chi connectivity index (χ1n) is 3.48. The average molecular weight is 310 g/mol. The van der Waals surface area contributed by atoms with Crippen molar-refractivity contribution in [2.75, 3.05) is 0 Å². The SMILES string of the molecule is CC(C)(C)c1c[c-]c[c-]c1.[Y].[Y]. The average Bonchev–Trinajstić information content (AvgIpc) is 1.88. The molecule has 2 radical (unpaired) electrons. The van der Waals surface area contributed by atoms with E-state index in [1.54, 1.807) is 6.07 Å². The summed E-state index contributed by atoms with van der Waals surface area (Å²) < 4.78 is 0. The molecule has 0 aliphatic rings. The molecule has 0 atom stereocenters. The molecule has 0 aromatic heterocycles. The number of benzene rings is 1. The van der Waals surface area contributed by atoms with Crippen LogP contribution in [0.1, 0.15) is 26.3 Å². The van der Waals surface area contributed by atoms with Gasteiger partial charge in [-0.1, -0.05) is 20.8 Å². The third-order valence-electron chi connectivity index (χ3n) is 1.51. The fourth-order valence-corrected chi connectivity index (χ4v) is 0.786. The van der Waals surface area contributed by atoms with Crippen LogP contribution in [-0.4, -0.2) is 0 Å². The van der Waals surface area contributed by atoms with Gasteiger partial charge in [-0.3, -0.25) is 17.7 Å². The molecular weight excluding hydrogens is 298 g/mol. The number of rotatable bonds is 0. The molecule has 0 aliphatic carbocycles. The van der Waals surface area contributed by atoms with Crippen LogP contribution in [0.15, 0.2) is 18.2 Å². The topological polar surface area (TPSA) is 0 Å². The van der Waals surface area contributed by atoms with Crippen LogP contribution in [0.3, 0.4) is 0 Å². The predicted molar refractivity (Wildman–Crippen MR) is 42.8 cm³/mol. The third-order valence-corrected chi connectivity index (χ3v) is 1.51. The van der Waals surface area contributed by atoms with E-state index in [4.69, 9.17) is 0 Å². The molecule has 1 aromatic rings. The Kier molecular flexibility index (Phi) is 9.02. The van der Waals surface area contributed by atoms with Crippen LogP contribution in [0.25, 0.3) is 0 Å². The van der Waals surface area contributed by atoms with Crippen molar-refractivity contribution in [3.8, 4) is 0 Å². The standard InChI is InChI=1S/C10H12.2Y/c1-10(2,3)9-7-5-4-6-8-9;;/h4,7-8H,1-3H3;;/q-2;;. The molecule has 0 saturated heterocycles. The second kappa shape index (κ2) is 6.82. The van der Waals surface area contributed by atoms with Gasteiger partial charge in [0.05, 0.1) is 0 Å². The van der Waals surface area contributed by atoms with Crippen LogP contribution in [-0.2, 0) is 70.8 Å². The Labute approximate surface area is 126 Å². The van der Waals surface area contributed by atoms with E-state index in [0.717, 1.165) is 0 Å². The van der Waals surface area contributed by atoms with Crippen LogP contribution in [0.4, 0.5) is 0 Å². The Morgan fingerprint density at radius 3 is 1.67 bits per heavy atom. The molecule has 60 valence electrons. The summed E-state index contributed by atoms with van der Waals surface area (Å²) in [4.78, 5) is 0. The van der Waals surface area contributed by atoms with Gasteiger partial charge >= 0.3 is 0 Å². The summed E-state index contributed by atoms with van der Waals surface area (Å²) in [6.45, 7) is 6.55. The summed E-state index contributed by atoms with van der Waals surface area (Å²) >= 11 is 0. The van der Waals surface area contributed by atoms with Crippen LogP contribution in [0.2, 0.25) is 0 Å². The molecule has 1 rings (SSSR count). The van der Waals surface area contributed by atoms with Gasteiger partial charge < -0.3 is 18.2 Å². The van der Waals surface area contributed by atoms with Gasteiger partial charge in [0, 0.05) is 65.4 Å². The zero-order valence-corrected chi connectivity index (χ0v) is 13.6. The Balaban J connectivity index is 0. The predicted octanol–water partition coefficient (Wildman–Crippen LogP) is 2.58. The summed E-state index contributed by atoms with van der Waals surface area (Å²) in [6.07, 6.45) is 0. The summed E-state index contributed by atoms with van der Waals surface area (Å²) in [7, 11) is 0. The zero-order valence-electron chi connectivity index (χ0n) is 7.89. The van der Waals surface area contributed by atoms with Crippen LogP contribution < -0.4 is 0 Å². The molecule has 2 heteroatoms. The van der Waals surface area contributed by atoms with E-state index in [9.17, 15) is 0 Å². The van der Waals surface area contributed by atoms with Crippen molar-refractivity contribution in [3.05, 3.63) is 35.9 Å². The molecule has 12 heavy (non-hydrogen) atoms. The van der Waals surface area contributed by atoms with E-state index in [2.05, 4.69) is 32.9 Å². The van der Waals surface area contributed by atoms with Crippen molar-refractivity contribution in [1.29, 1.82) is 0 Å². The molecule has 0 fully saturated rings. The Morgan fingerprint density at radius 1 is 1.00 bits per heavy atom. The molecule has 1 aromatic carbocycles. The van der Waals surface area contributed by atoms with Crippen molar-refractivity contribution in [2.24, 2.45) is 0 Å². The fourth-order valence-electron chi connectivity index (χ4n) is 0.786. The smallest absolute Gasteiger partial charge is 0 e. The molecule has 0 bridgehead atoms. The minimum Gasteiger partial charge on any atom is -0.359 e. The van der Waals surface area contributed by atoms with Gasteiger partial charge in [0.1, 0.15) is 0 Å². The minimum absolute atomic E-state index is 0. The van der Waals surface area contributed by atoms with Crippen molar-refractivity contribution >= 4 is 0 Å². The maximum atomic E-state index is 3.01. The molecule has 0 amide bonds. The second-order valence-electron chi connectivity index (χ2n) is 3.47. The van der Waals surface area contributed by atoms with E-state index < -0.39 is 0 Å². The molecule has 0 unspecified atom stereocenters. The second-order valence-corrected chi connectivity index (χ2v) is 3.47. The van der Waals surface area contributed by atoms with Crippen molar-refractivity contribution < 1.29 is 65.4 Å². The Bertz CT molecular complexity index is 199. The first kappa shape index (κ1) is 15.9. The molecule has 0 N–H and O–H groups in total. The molecule has 0 heterocycles. The van der Waals surface area contributed by atoms with Crippen LogP contribution >= 0.6 is 0 Å². The van der Waals surface area contributed by atoms with Gasteiger partial charge in [0.25, 0.3) is 0 Å². The van der Waals surface area contributed by atoms with Gasteiger partial charge in [0.15, 0.2) is 0 Å². The van der Waals surface area contributed by atoms with Gasteiger partial charge in [-0.2, -0.15) is 0 Å². The van der Waals surface area contributed by atoms with E-state index in [1.807, 2.05) is 12.1 Å². The summed E-state index contributed by atoms with van der Waals surface area (Å²) in [5.41, 5.74) is 1.52. The summed E-state index contributed by atoms with van der Waals surface area (Å²) in [6, 6.07) is 11.8. The first-order valence-corrected chi connectivity index (χ1v) is 3.48. The summed E-state index contributed by atoms with van der Waals surface area (Å²) in [5, 5.41) is 0. The normalized spacial score (nSPS) is 9.58. The molecule has 0 saturated carbocycles. The van der Waals surface area contributed by atoms with Gasteiger partial charge in [0.2, 0.25) is 0 Å². The van der Waals surface area contributed by atoms with E-state index >= 15 is 0 Å². The molecule has 0 aliphatic heterocycles. The van der Waals surface area contributed by atoms with Crippen LogP contribution in [0.5, 0.6) is 0 Å². The van der Waals surface area contributed by atoms with Gasteiger partial charge in [-0.15, -0.1) is 5.41 Å². The summed E-state index contributed by atoms with van der Waals surface area (Å²) in [5.74, 6) is 0. The zero-order chi connectivity index (χ0) is 7.61. The molecule has 0 spiro atoms. The van der Waals surface area contributed by atoms with E-state index in [0.29, 0.717) is 0 Å². The van der Waals surface area contributed by atoms with Gasteiger partial charge in [-0.05, 0) is 0 Å². The molecular formula is C10H12Y2-2. The van der Waals surface area contributed by atoms with Crippen molar-refractivity contribution in [3.63, 3.8) is 0 Å². The third kappa shape index (κ3) is 5.22. The van der Waals surface area contributed by atoms with E-state index in [-0.39, 0.29) is 70.8 Å². The first-order chi connectivity index (χ1) is 4.61. The van der Waals surface area contributed by atoms with E-state index in [1.165, 1.54) is 5.56 Å². The fraction of sp³-hybridized carbons (Fsp3) is 0.400. The number of hydrogen-bond acceptors (Lipinski definition) is 0. The Hall–Kier alpha value is 1.43. The number of hydrogen-bond donors (Lipinski definition) is 0. The molecule has 0 nitrogen and oxygen atoms in total. The van der Waals surface area contributed by atoms with Crippen molar-refractivity contribution in [2.45, 2.75) is 26.2 Å². The van der Waals surface area contributed by atoms with Crippen molar-refractivity contribution in [1.82, 2.24) is 0 Å². The largest absolute Gasteiger partial charge is 0.359 e.